The van der Waals surface area contributed by atoms with E-state index in [9.17, 15) is 0 Å². The number of aromatic nitrogens is 4. The summed E-state index contributed by atoms with van der Waals surface area (Å²) in [5.74, 6) is 0.660. The maximum atomic E-state index is 5.61. The van der Waals surface area contributed by atoms with Crippen LogP contribution in [0.4, 0.5) is 5.95 Å². The molecule has 6 heteroatoms. The number of rotatable bonds is 5. The van der Waals surface area contributed by atoms with Crippen molar-refractivity contribution in [1.82, 2.24) is 19.6 Å². The first kappa shape index (κ1) is 16.2. The Labute approximate surface area is 157 Å². The Kier molecular flexibility index (Phi) is 3.98. The Morgan fingerprint density at radius 1 is 1.19 bits per heavy atom. The van der Waals surface area contributed by atoms with Gasteiger partial charge >= 0.3 is 0 Å². The fraction of sp³-hybridized carbons (Fsp3) is 0.286. The van der Waals surface area contributed by atoms with Crippen LogP contribution in [0.15, 0.2) is 55.0 Å². The average Bonchev–Trinajstić information content (AvgIpc) is 3.09. The molecule has 0 aliphatic heterocycles. The highest BCUT2D eigenvalue weighted by molar-refractivity contribution is 5.88. The first-order valence-electron chi connectivity index (χ1n) is 9.38. The molecule has 0 radical (unpaired) electrons. The molecule has 27 heavy (non-hydrogen) atoms. The Hall–Kier alpha value is -2.99. The minimum absolute atomic E-state index is 0.372. The number of nitrogens with one attached hydrogen (secondary N) is 1. The number of anilines is 1. The van der Waals surface area contributed by atoms with E-state index in [0.29, 0.717) is 18.1 Å². The molecule has 1 fully saturated rings. The molecule has 3 aromatic heterocycles. The second kappa shape index (κ2) is 6.63. The third-order valence-corrected chi connectivity index (χ3v) is 5.16. The molecule has 0 atom stereocenters. The summed E-state index contributed by atoms with van der Waals surface area (Å²) in [6.07, 6.45) is 8.08. The zero-order chi connectivity index (χ0) is 18.2. The highest BCUT2D eigenvalue weighted by Gasteiger charge is 2.30. The van der Waals surface area contributed by atoms with Crippen molar-refractivity contribution in [3.63, 3.8) is 0 Å². The van der Waals surface area contributed by atoms with Crippen LogP contribution in [-0.2, 0) is 4.74 Å². The smallest absolute Gasteiger partial charge is 0.241 e. The van der Waals surface area contributed by atoms with Crippen molar-refractivity contribution < 1.29 is 4.74 Å². The van der Waals surface area contributed by atoms with Gasteiger partial charge in [0.2, 0.25) is 5.95 Å². The van der Waals surface area contributed by atoms with Crippen molar-refractivity contribution in [3.05, 3.63) is 55.0 Å². The van der Waals surface area contributed by atoms with Crippen LogP contribution < -0.4 is 5.32 Å². The normalized spacial score (nSPS) is 19.3. The Morgan fingerprint density at radius 3 is 3.00 bits per heavy atom. The topological polar surface area (TPSA) is 64.3 Å². The van der Waals surface area contributed by atoms with E-state index in [1.165, 1.54) is 0 Å². The van der Waals surface area contributed by atoms with Crippen molar-refractivity contribution in [3.8, 4) is 11.1 Å². The summed E-state index contributed by atoms with van der Waals surface area (Å²) >= 11 is 0. The van der Waals surface area contributed by atoms with Gasteiger partial charge in [0.25, 0.3) is 0 Å². The van der Waals surface area contributed by atoms with E-state index in [2.05, 4.69) is 50.7 Å². The molecular formula is C21H21N5O. The molecule has 3 heterocycles. The first-order chi connectivity index (χ1) is 13.3. The first-order valence-corrected chi connectivity index (χ1v) is 9.38. The van der Waals surface area contributed by atoms with Crippen molar-refractivity contribution >= 4 is 22.4 Å². The summed E-state index contributed by atoms with van der Waals surface area (Å²) in [5.41, 5.74) is 4.25. The Balaban J connectivity index is 1.40. The molecular weight excluding hydrogens is 338 g/mol. The van der Waals surface area contributed by atoms with Crippen molar-refractivity contribution in [1.29, 1.82) is 0 Å². The van der Waals surface area contributed by atoms with E-state index in [1.807, 2.05) is 36.1 Å². The Bertz CT molecular complexity index is 1100. The van der Waals surface area contributed by atoms with Crippen molar-refractivity contribution in [2.75, 3.05) is 11.9 Å². The van der Waals surface area contributed by atoms with Gasteiger partial charge in [0.05, 0.1) is 23.3 Å². The summed E-state index contributed by atoms with van der Waals surface area (Å²) in [6.45, 7) is 2.81. The van der Waals surface area contributed by atoms with E-state index in [-0.39, 0.29) is 0 Å². The fourth-order valence-corrected chi connectivity index (χ4v) is 3.69. The minimum Gasteiger partial charge on any atom is -0.378 e. The molecule has 0 amide bonds. The number of hydrogen-bond donors (Lipinski definition) is 1. The summed E-state index contributed by atoms with van der Waals surface area (Å²) < 4.78 is 7.49. The third-order valence-electron chi connectivity index (χ3n) is 5.16. The van der Waals surface area contributed by atoms with Crippen LogP contribution in [0.3, 0.4) is 0 Å². The van der Waals surface area contributed by atoms with Crippen molar-refractivity contribution in [2.45, 2.75) is 31.9 Å². The molecule has 136 valence electrons. The molecule has 0 saturated heterocycles. The van der Waals surface area contributed by atoms with Gasteiger partial charge < -0.3 is 10.1 Å². The molecule has 1 aromatic carbocycles. The number of fused-ring (bicyclic) bond motifs is 2. The average molecular weight is 359 g/mol. The van der Waals surface area contributed by atoms with E-state index >= 15 is 0 Å². The largest absolute Gasteiger partial charge is 0.378 e. The fourth-order valence-electron chi connectivity index (χ4n) is 3.69. The van der Waals surface area contributed by atoms with Gasteiger partial charge in [-0.25, -0.2) is 9.50 Å². The van der Waals surface area contributed by atoms with Crippen LogP contribution in [-0.4, -0.2) is 38.3 Å². The van der Waals surface area contributed by atoms with E-state index < -0.39 is 0 Å². The zero-order valence-corrected chi connectivity index (χ0v) is 15.2. The lowest BCUT2D eigenvalue weighted by molar-refractivity contribution is 0.00283. The lowest BCUT2D eigenvalue weighted by Gasteiger charge is -2.35. The van der Waals surface area contributed by atoms with Gasteiger partial charge in [0.1, 0.15) is 0 Å². The number of nitrogens with zero attached hydrogens (tertiary/aromatic N) is 4. The van der Waals surface area contributed by atoms with E-state index in [0.717, 1.165) is 47.0 Å². The van der Waals surface area contributed by atoms with Gasteiger partial charge in [-0.05, 0) is 49.6 Å². The van der Waals surface area contributed by atoms with Crippen LogP contribution in [0.1, 0.15) is 19.8 Å². The number of hydrogen-bond acceptors (Lipinski definition) is 5. The Morgan fingerprint density at radius 2 is 2.11 bits per heavy atom. The molecule has 1 N–H and O–H groups in total. The highest BCUT2D eigenvalue weighted by atomic mass is 16.5. The minimum atomic E-state index is 0.372. The number of pyridine rings is 1. The lowest BCUT2D eigenvalue weighted by atomic mass is 9.89. The molecule has 4 aromatic rings. The highest BCUT2D eigenvalue weighted by Crippen LogP contribution is 2.29. The maximum Gasteiger partial charge on any atom is 0.241 e. The monoisotopic (exact) mass is 359 g/mol. The molecule has 1 saturated carbocycles. The molecule has 6 nitrogen and oxygen atoms in total. The maximum absolute atomic E-state index is 5.61. The summed E-state index contributed by atoms with van der Waals surface area (Å²) in [5, 5.41) is 9.15. The number of ether oxygens (including phenoxy) is 1. The van der Waals surface area contributed by atoms with Gasteiger partial charge in [-0.3, -0.25) is 4.98 Å². The van der Waals surface area contributed by atoms with Crippen LogP contribution in [0.25, 0.3) is 27.5 Å². The van der Waals surface area contributed by atoms with Crippen LogP contribution in [0.2, 0.25) is 0 Å². The van der Waals surface area contributed by atoms with Crippen molar-refractivity contribution in [2.24, 2.45) is 0 Å². The molecule has 1 aliphatic carbocycles. The second-order valence-electron chi connectivity index (χ2n) is 6.94. The quantitative estimate of drug-likeness (QED) is 0.585. The zero-order valence-electron chi connectivity index (χ0n) is 15.2. The predicted octanol–water partition coefficient (Wildman–Crippen LogP) is 3.92. The molecule has 5 rings (SSSR count). The van der Waals surface area contributed by atoms with Crippen LogP contribution in [0.5, 0.6) is 0 Å². The molecule has 0 unspecified atom stereocenters. The summed E-state index contributed by atoms with van der Waals surface area (Å²) in [6, 6.07) is 12.8. The number of benzene rings is 1. The van der Waals surface area contributed by atoms with Gasteiger partial charge in [-0.15, -0.1) is 5.10 Å². The van der Waals surface area contributed by atoms with E-state index in [4.69, 9.17) is 4.74 Å². The van der Waals surface area contributed by atoms with Gasteiger partial charge in [0.15, 0.2) is 0 Å². The van der Waals surface area contributed by atoms with Crippen LogP contribution >= 0.6 is 0 Å². The molecule has 0 bridgehead atoms. The van der Waals surface area contributed by atoms with E-state index in [1.54, 1.807) is 0 Å². The third kappa shape index (κ3) is 3.02. The van der Waals surface area contributed by atoms with Gasteiger partial charge in [-0.1, -0.05) is 12.1 Å². The molecule has 0 spiro atoms. The standard InChI is InChI=1S/C21H21N5O/c1-2-27-17-11-16(12-17)24-21-23-13-20-18(7-9-26(20)25-21)14-5-6-19-15(10-14)4-3-8-22-19/h3-10,13,16-17H,2,11-12H2,1H3,(H,24,25)/t16-,17+. The molecule has 1 aliphatic rings. The van der Waals surface area contributed by atoms with Crippen LogP contribution in [0, 0.1) is 0 Å². The lowest BCUT2D eigenvalue weighted by Crippen LogP contribution is -2.41. The summed E-state index contributed by atoms with van der Waals surface area (Å²) in [7, 11) is 0. The van der Waals surface area contributed by atoms with Gasteiger partial charge in [0, 0.05) is 36.0 Å². The van der Waals surface area contributed by atoms with Gasteiger partial charge in [-0.2, -0.15) is 0 Å². The second-order valence-corrected chi connectivity index (χ2v) is 6.94. The summed E-state index contributed by atoms with van der Waals surface area (Å²) in [4.78, 5) is 8.91. The SMILES string of the molecule is CCO[C@H]1C[C@@H](Nc2ncc3c(-c4ccc5ncccc5c4)ccn3n2)C1. The predicted molar refractivity (Wildman–Crippen MR) is 106 cm³/mol.